The maximum absolute atomic E-state index is 13.6. The lowest BCUT2D eigenvalue weighted by atomic mass is 10.2. The molecule has 0 aliphatic carbocycles. The van der Waals surface area contributed by atoms with Crippen LogP contribution in [0.5, 0.6) is 0 Å². The van der Waals surface area contributed by atoms with Crippen LogP contribution in [-0.2, 0) is 0 Å². The van der Waals surface area contributed by atoms with Crippen molar-refractivity contribution in [1.82, 2.24) is 4.98 Å². The Bertz CT molecular complexity index is 1050. The number of benzene rings is 2. The maximum atomic E-state index is 13.6. The van der Waals surface area contributed by atoms with E-state index in [1.807, 2.05) is 5.32 Å². The van der Waals surface area contributed by atoms with Gasteiger partial charge in [-0.1, -0.05) is 12.1 Å². The molecule has 2 aromatic carbocycles. The van der Waals surface area contributed by atoms with E-state index in [9.17, 15) is 27.2 Å². The van der Waals surface area contributed by atoms with E-state index in [-0.39, 0.29) is 17.1 Å². The molecule has 0 fully saturated rings. The molecule has 0 bridgehead atoms. The molecular weight excluding hydrogens is 378 g/mol. The van der Waals surface area contributed by atoms with E-state index in [2.05, 4.69) is 10.3 Å². The van der Waals surface area contributed by atoms with Gasteiger partial charge in [-0.2, -0.15) is 0 Å². The highest BCUT2D eigenvalue weighted by atomic mass is 19.1. The first kappa shape index (κ1) is 19.0. The van der Waals surface area contributed by atoms with Crippen molar-refractivity contribution in [3.8, 4) is 0 Å². The third-order valence-corrected chi connectivity index (χ3v) is 3.59. The van der Waals surface area contributed by atoms with E-state index >= 15 is 0 Å². The van der Waals surface area contributed by atoms with Crippen molar-refractivity contribution in [2.45, 2.75) is 0 Å². The minimum atomic E-state index is -0.989. The van der Waals surface area contributed by atoms with E-state index in [1.54, 1.807) is 0 Å². The summed E-state index contributed by atoms with van der Waals surface area (Å²) in [5.74, 6) is -5.57. The summed E-state index contributed by atoms with van der Waals surface area (Å²) in [6.45, 7) is 0. The van der Waals surface area contributed by atoms with Crippen LogP contribution in [0.25, 0.3) is 0 Å². The average Bonchev–Trinajstić information content (AvgIpc) is 2.67. The number of pyridine rings is 1. The van der Waals surface area contributed by atoms with Gasteiger partial charge in [0.15, 0.2) is 0 Å². The molecule has 28 heavy (non-hydrogen) atoms. The highest BCUT2D eigenvalue weighted by Crippen LogP contribution is 2.19. The Balaban J connectivity index is 1.79. The Kier molecular flexibility index (Phi) is 5.35. The summed E-state index contributed by atoms with van der Waals surface area (Å²) in [4.78, 5) is 28.2. The predicted molar refractivity (Wildman–Crippen MR) is 92.9 cm³/mol. The lowest BCUT2D eigenvalue weighted by molar-refractivity contribution is 0.101. The predicted octanol–water partition coefficient (Wildman–Crippen LogP) is 4.14. The molecular formula is C19H11F4N3O2. The summed E-state index contributed by atoms with van der Waals surface area (Å²) in [5, 5.41) is 4.23. The van der Waals surface area contributed by atoms with Gasteiger partial charge in [0.05, 0.1) is 5.69 Å². The molecule has 0 aliphatic rings. The van der Waals surface area contributed by atoms with Gasteiger partial charge in [0.25, 0.3) is 11.8 Å². The molecule has 0 radical (unpaired) electrons. The van der Waals surface area contributed by atoms with Crippen LogP contribution in [-0.4, -0.2) is 16.8 Å². The van der Waals surface area contributed by atoms with Gasteiger partial charge in [0.1, 0.15) is 40.3 Å². The van der Waals surface area contributed by atoms with Crippen LogP contribution in [0.1, 0.15) is 21.0 Å². The summed E-state index contributed by atoms with van der Waals surface area (Å²) in [6, 6.07) is 9.43. The molecule has 0 atom stereocenters. The first-order chi connectivity index (χ1) is 13.3. The van der Waals surface area contributed by atoms with Gasteiger partial charge in [-0.25, -0.2) is 22.5 Å². The lowest BCUT2D eigenvalue weighted by Gasteiger charge is -2.09. The SMILES string of the molecule is O=C(Nc1ccc(F)cc1F)c1cccc(C(=O)Nc2c(F)cccc2F)n1. The Labute approximate surface area is 156 Å². The molecule has 0 spiro atoms. The van der Waals surface area contributed by atoms with Crippen molar-refractivity contribution in [2.75, 3.05) is 10.6 Å². The van der Waals surface area contributed by atoms with Crippen molar-refractivity contribution >= 4 is 23.2 Å². The van der Waals surface area contributed by atoms with Gasteiger partial charge in [-0.3, -0.25) is 9.59 Å². The number of hydrogen-bond acceptors (Lipinski definition) is 3. The van der Waals surface area contributed by atoms with Crippen molar-refractivity contribution in [3.05, 3.63) is 89.3 Å². The molecule has 0 saturated heterocycles. The molecule has 1 aromatic heterocycles. The molecule has 0 unspecified atom stereocenters. The molecule has 2 amide bonds. The number of nitrogens with zero attached hydrogens (tertiary/aromatic N) is 1. The summed E-state index contributed by atoms with van der Waals surface area (Å²) >= 11 is 0. The third kappa shape index (κ3) is 4.14. The smallest absolute Gasteiger partial charge is 0.274 e. The lowest BCUT2D eigenvalue weighted by Crippen LogP contribution is -2.19. The van der Waals surface area contributed by atoms with Gasteiger partial charge in [0, 0.05) is 6.07 Å². The average molecular weight is 389 g/mol. The first-order valence-electron chi connectivity index (χ1n) is 7.84. The number of para-hydroxylation sites is 1. The minimum Gasteiger partial charge on any atom is -0.318 e. The van der Waals surface area contributed by atoms with Crippen LogP contribution in [0.15, 0.2) is 54.6 Å². The second-order valence-corrected chi connectivity index (χ2v) is 5.54. The molecule has 3 rings (SSSR count). The van der Waals surface area contributed by atoms with E-state index in [0.717, 1.165) is 30.3 Å². The van der Waals surface area contributed by atoms with Gasteiger partial charge in [0.2, 0.25) is 0 Å². The van der Waals surface area contributed by atoms with E-state index in [1.165, 1.54) is 18.2 Å². The zero-order valence-electron chi connectivity index (χ0n) is 14.0. The van der Waals surface area contributed by atoms with E-state index in [0.29, 0.717) is 6.07 Å². The maximum Gasteiger partial charge on any atom is 0.274 e. The Morgan fingerprint density at radius 1 is 0.714 bits per heavy atom. The largest absolute Gasteiger partial charge is 0.318 e. The zero-order chi connectivity index (χ0) is 20.3. The van der Waals surface area contributed by atoms with Gasteiger partial charge in [-0.15, -0.1) is 0 Å². The van der Waals surface area contributed by atoms with Gasteiger partial charge >= 0.3 is 0 Å². The molecule has 5 nitrogen and oxygen atoms in total. The topological polar surface area (TPSA) is 71.1 Å². The fourth-order valence-corrected chi connectivity index (χ4v) is 2.26. The van der Waals surface area contributed by atoms with Gasteiger partial charge < -0.3 is 10.6 Å². The summed E-state index contributed by atoms with van der Waals surface area (Å²) < 4.78 is 53.8. The highest BCUT2D eigenvalue weighted by Gasteiger charge is 2.17. The van der Waals surface area contributed by atoms with Crippen LogP contribution in [0.2, 0.25) is 0 Å². The molecule has 9 heteroatoms. The molecule has 3 aromatic rings. The number of hydrogen-bond donors (Lipinski definition) is 2. The Hall–Kier alpha value is -3.75. The van der Waals surface area contributed by atoms with Crippen LogP contribution in [0, 0.1) is 23.3 Å². The summed E-state index contributed by atoms with van der Waals surface area (Å²) in [7, 11) is 0. The van der Waals surface area contributed by atoms with E-state index in [4.69, 9.17) is 0 Å². The molecule has 0 saturated carbocycles. The van der Waals surface area contributed by atoms with E-state index < -0.39 is 40.8 Å². The minimum absolute atomic E-state index is 0.259. The van der Waals surface area contributed by atoms with Crippen molar-refractivity contribution in [1.29, 1.82) is 0 Å². The standard InChI is InChI=1S/C19H11F4N3O2/c20-10-7-8-14(13(23)9-10)25-18(27)15-5-2-6-16(24-15)19(28)26-17-11(21)3-1-4-12(17)22/h1-9H,(H,25,27)(H,26,28). The number of aromatic nitrogens is 1. The Morgan fingerprint density at radius 3 is 1.89 bits per heavy atom. The quantitative estimate of drug-likeness (QED) is 0.659. The third-order valence-electron chi connectivity index (χ3n) is 3.59. The fraction of sp³-hybridized carbons (Fsp3) is 0. The van der Waals surface area contributed by atoms with Crippen molar-refractivity contribution in [2.24, 2.45) is 0 Å². The van der Waals surface area contributed by atoms with Crippen LogP contribution in [0.4, 0.5) is 28.9 Å². The van der Waals surface area contributed by atoms with Crippen LogP contribution >= 0.6 is 0 Å². The van der Waals surface area contributed by atoms with Crippen LogP contribution in [0.3, 0.4) is 0 Å². The van der Waals surface area contributed by atoms with Crippen molar-refractivity contribution in [3.63, 3.8) is 0 Å². The second-order valence-electron chi connectivity index (χ2n) is 5.54. The second kappa shape index (κ2) is 7.87. The fourth-order valence-electron chi connectivity index (χ4n) is 2.26. The number of carbonyl (C=O) groups is 2. The number of anilines is 2. The highest BCUT2D eigenvalue weighted by molar-refractivity contribution is 6.06. The zero-order valence-corrected chi connectivity index (χ0v) is 14.0. The molecule has 2 N–H and O–H groups in total. The summed E-state index contributed by atoms with van der Waals surface area (Å²) in [5.41, 5.74) is -1.49. The number of carbonyl (C=O) groups excluding carboxylic acids is 2. The van der Waals surface area contributed by atoms with Gasteiger partial charge in [-0.05, 0) is 36.4 Å². The number of nitrogens with one attached hydrogen (secondary N) is 2. The number of amides is 2. The molecule has 0 aliphatic heterocycles. The summed E-state index contributed by atoms with van der Waals surface area (Å²) in [6.07, 6.45) is 0. The normalized spacial score (nSPS) is 10.4. The van der Waals surface area contributed by atoms with Crippen molar-refractivity contribution < 1.29 is 27.2 Å². The monoisotopic (exact) mass is 389 g/mol. The molecule has 142 valence electrons. The first-order valence-corrected chi connectivity index (χ1v) is 7.84. The Morgan fingerprint density at radius 2 is 1.29 bits per heavy atom. The molecule has 1 heterocycles. The number of rotatable bonds is 4. The van der Waals surface area contributed by atoms with Crippen LogP contribution < -0.4 is 10.6 Å². The number of halogens is 4.